The Labute approximate surface area is 107 Å². The molecule has 4 nitrogen and oxygen atoms in total. The number of rotatable bonds is 4. The summed E-state index contributed by atoms with van der Waals surface area (Å²) in [6.07, 6.45) is 2.08. The Kier molecular flexibility index (Phi) is 3.57. The Balaban J connectivity index is 2.11. The second-order valence-electron chi connectivity index (χ2n) is 5.11. The fourth-order valence-corrected chi connectivity index (χ4v) is 2.25. The molecule has 0 aromatic heterocycles. The predicted molar refractivity (Wildman–Crippen MR) is 70.2 cm³/mol. The molecule has 1 unspecified atom stereocenters. The van der Waals surface area contributed by atoms with Gasteiger partial charge >= 0.3 is 5.97 Å². The molecule has 2 N–H and O–H groups in total. The van der Waals surface area contributed by atoms with Crippen molar-refractivity contribution in [2.45, 2.75) is 32.3 Å². The van der Waals surface area contributed by atoms with Crippen molar-refractivity contribution in [3.8, 4) is 0 Å². The van der Waals surface area contributed by atoms with Crippen molar-refractivity contribution >= 4 is 11.7 Å². The van der Waals surface area contributed by atoms with Crippen LogP contribution in [0.25, 0.3) is 0 Å². The first kappa shape index (κ1) is 12.9. The van der Waals surface area contributed by atoms with Crippen molar-refractivity contribution < 1.29 is 14.6 Å². The van der Waals surface area contributed by atoms with Crippen LogP contribution in [0.5, 0.6) is 0 Å². The van der Waals surface area contributed by atoms with E-state index in [0.717, 1.165) is 25.0 Å². The van der Waals surface area contributed by atoms with E-state index in [2.05, 4.69) is 12.2 Å². The zero-order chi connectivity index (χ0) is 13.2. The maximum absolute atomic E-state index is 11.2. The molecule has 0 radical (unpaired) electrons. The van der Waals surface area contributed by atoms with Gasteiger partial charge in [-0.15, -0.1) is 0 Å². The van der Waals surface area contributed by atoms with Crippen LogP contribution in [0, 0.1) is 6.92 Å². The average Bonchev–Trinajstić information content (AvgIpc) is 2.75. The van der Waals surface area contributed by atoms with Gasteiger partial charge in [0, 0.05) is 18.8 Å². The molecule has 0 saturated carbocycles. The summed E-state index contributed by atoms with van der Waals surface area (Å²) in [7, 11) is 0. The lowest BCUT2D eigenvalue weighted by Gasteiger charge is -2.24. The number of hydrogen-bond donors (Lipinski definition) is 2. The van der Waals surface area contributed by atoms with E-state index < -0.39 is 5.97 Å². The molecule has 1 heterocycles. The number of carbonyl (C=O) groups is 1. The zero-order valence-electron chi connectivity index (χ0n) is 10.8. The van der Waals surface area contributed by atoms with E-state index in [1.807, 2.05) is 19.1 Å². The van der Waals surface area contributed by atoms with Gasteiger partial charge in [0.1, 0.15) is 0 Å². The number of benzene rings is 1. The zero-order valence-corrected chi connectivity index (χ0v) is 10.8. The maximum Gasteiger partial charge on any atom is 0.337 e. The van der Waals surface area contributed by atoms with Crippen molar-refractivity contribution in [2.75, 3.05) is 18.5 Å². The molecule has 2 rings (SSSR count). The van der Waals surface area contributed by atoms with Crippen molar-refractivity contribution in [1.29, 1.82) is 0 Å². The fourth-order valence-electron chi connectivity index (χ4n) is 2.25. The summed E-state index contributed by atoms with van der Waals surface area (Å²) in [5.74, 6) is -0.904. The molecular formula is C14H19NO3. The third kappa shape index (κ3) is 2.82. The van der Waals surface area contributed by atoms with Crippen molar-refractivity contribution in [3.63, 3.8) is 0 Å². The number of hydrogen-bond acceptors (Lipinski definition) is 3. The van der Waals surface area contributed by atoms with E-state index >= 15 is 0 Å². The Hall–Kier alpha value is -1.55. The van der Waals surface area contributed by atoms with Gasteiger partial charge in [0.25, 0.3) is 0 Å². The van der Waals surface area contributed by atoms with E-state index in [4.69, 9.17) is 4.74 Å². The number of aryl methyl sites for hydroxylation is 1. The van der Waals surface area contributed by atoms with E-state index in [0.29, 0.717) is 17.8 Å². The summed E-state index contributed by atoms with van der Waals surface area (Å²) in [5, 5.41) is 12.4. The maximum atomic E-state index is 11.2. The van der Waals surface area contributed by atoms with Gasteiger partial charge in [0.2, 0.25) is 0 Å². The first-order valence-electron chi connectivity index (χ1n) is 6.22. The lowest BCUT2D eigenvalue weighted by Crippen LogP contribution is -2.32. The van der Waals surface area contributed by atoms with Crippen LogP contribution in [0.1, 0.15) is 35.7 Å². The number of carboxylic acids is 1. The number of ether oxygens (including phenoxy) is 1. The summed E-state index contributed by atoms with van der Waals surface area (Å²) >= 11 is 0. The van der Waals surface area contributed by atoms with Gasteiger partial charge in [-0.1, -0.05) is 11.6 Å². The minimum Gasteiger partial charge on any atom is -0.478 e. The van der Waals surface area contributed by atoms with Crippen LogP contribution in [0.3, 0.4) is 0 Å². The number of nitrogens with one attached hydrogen (secondary N) is 1. The van der Waals surface area contributed by atoms with E-state index in [-0.39, 0.29) is 5.60 Å². The summed E-state index contributed by atoms with van der Waals surface area (Å²) in [5.41, 5.74) is 1.74. The molecule has 1 saturated heterocycles. The molecule has 0 amide bonds. The Bertz CT molecular complexity index is 450. The molecule has 1 aromatic carbocycles. The van der Waals surface area contributed by atoms with Crippen molar-refractivity contribution in [3.05, 3.63) is 29.3 Å². The molecule has 1 aliphatic heterocycles. The number of carboxylic acid groups (broad SMARTS) is 1. The average molecular weight is 249 g/mol. The number of anilines is 1. The van der Waals surface area contributed by atoms with E-state index in [1.165, 1.54) is 0 Å². The molecule has 4 heteroatoms. The van der Waals surface area contributed by atoms with Gasteiger partial charge in [-0.3, -0.25) is 0 Å². The van der Waals surface area contributed by atoms with E-state index in [1.54, 1.807) is 6.07 Å². The van der Waals surface area contributed by atoms with Crippen LogP contribution in [0.4, 0.5) is 5.69 Å². The molecule has 0 bridgehead atoms. The Morgan fingerprint density at radius 1 is 1.56 bits per heavy atom. The third-order valence-electron chi connectivity index (χ3n) is 3.36. The summed E-state index contributed by atoms with van der Waals surface area (Å²) < 4.78 is 5.68. The SMILES string of the molecule is Cc1ccc(NCC2(C)CCCO2)c(C(=O)O)c1. The van der Waals surface area contributed by atoms with Crippen LogP contribution in [0.2, 0.25) is 0 Å². The van der Waals surface area contributed by atoms with E-state index in [9.17, 15) is 9.90 Å². The number of aromatic carboxylic acids is 1. The van der Waals surface area contributed by atoms with Crippen LogP contribution in [-0.4, -0.2) is 29.8 Å². The summed E-state index contributed by atoms with van der Waals surface area (Å²) in [6.45, 7) is 5.37. The van der Waals surface area contributed by atoms with Crippen molar-refractivity contribution in [2.24, 2.45) is 0 Å². The molecule has 18 heavy (non-hydrogen) atoms. The normalized spacial score (nSPS) is 23.0. The summed E-state index contributed by atoms with van der Waals surface area (Å²) in [6, 6.07) is 5.41. The quantitative estimate of drug-likeness (QED) is 0.861. The molecule has 1 atom stereocenters. The first-order valence-corrected chi connectivity index (χ1v) is 6.22. The van der Waals surface area contributed by atoms with Crippen LogP contribution in [-0.2, 0) is 4.74 Å². The molecule has 1 fully saturated rings. The lowest BCUT2D eigenvalue weighted by atomic mass is 10.0. The van der Waals surface area contributed by atoms with Gasteiger partial charge in [-0.2, -0.15) is 0 Å². The molecule has 98 valence electrons. The van der Waals surface area contributed by atoms with Gasteiger partial charge in [-0.05, 0) is 38.8 Å². The monoisotopic (exact) mass is 249 g/mol. The molecular weight excluding hydrogens is 230 g/mol. The van der Waals surface area contributed by atoms with Crippen LogP contribution < -0.4 is 5.32 Å². The van der Waals surface area contributed by atoms with Gasteiger partial charge < -0.3 is 15.2 Å². The van der Waals surface area contributed by atoms with Crippen molar-refractivity contribution in [1.82, 2.24) is 0 Å². The van der Waals surface area contributed by atoms with Gasteiger partial charge in [-0.25, -0.2) is 4.79 Å². The summed E-state index contributed by atoms with van der Waals surface area (Å²) in [4.78, 5) is 11.2. The highest BCUT2D eigenvalue weighted by atomic mass is 16.5. The van der Waals surface area contributed by atoms with Gasteiger partial charge in [0.15, 0.2) is 0 Å². The minimum absolute atomic E-state index is 0.180. The lowest BCUT2D eigenvalue weighted by molar-refractivity contribution is 0.0314. The smallest absolute Gasteiger partial charge is 0.337 e. The topological polar surface area (TPSA) is 58.6 Å². The third-order valence-corrected chi connectivity index (χ3v) is 3.36. The minimum atomic E-state index is -0.904. The Morgan fingerprint density at radius 3 is 2.94 bits per heavy atom. The van der Waals surface area contributed by atoms with Gasteiger partial charge in [0.05, 0.1) is 11.2 Å². The highest BCUT2D eigenvalue weighted by Crippen LogP contribution is 2.26. The second kappa shape index (κ2) is 4.98. The predicted octanol–water partition coefficient (Wildman–Crippen LogP) is 2.67. The largest absolute Gasteiger partial charge is 0.478 e. The highest BCUT2D eigenvalue weighted by Gasteiger charge is 2.29. The first-order chi connectivity index (χ1) is 8.50. The molecule has 1 aromatic rings. The molecule has 0 spiro atoms. The highest BCUT2D eigenvalue weighted by molar-refractivity contribution is 5.94. The molecule has 1 aliphatic rings. The van der Waals surface area contributed by atoms with Crippen LogP contribution >= 0.6 is 0 Å². The second-order valence-corrected chi connectivity index (χ2v) is 5.11. The fraction of sp³-hybridized carbons (Fsp3) is 0.500. The van der Waals surface area contributed by atoms with Crippen LogP contribution in [0.15, 0.2) is 18.2 Å². The Morgan fingerprint density at radius 2 is 2.33 bits per heavy atom. The molecule has 0 aliphatic carbocycles. The standard InChI is InChI=1S/C14H19NO3/c1-10-4-5-12(11(8-10)13(16)17)15-9-14(2)6-3-7-18-14/h4-5,8,15H,3,6-7,9H2,1-2H3,(H,16,17).